The van der Waals surface area contributed by atoms with Crippen molar-refractivity contribution in [2.24, 2.45) is 0 Å². The van der Waals surface area contributed by atoms with Gasteiger partial charge in [-0.3, -0.25) is 4.79 Å². The van der Waals surface area contributed by atoms with Crippen molar-refractivity contribution >= 4 is 16.8 Å². The van der Waals surface area contributed by atoms with Crippen LogP contribution in [0.25, 0.3) is 22.2 Å². The Balaban J connectivity index is 1.46. The third-order valence-electron chi connectivity index (χ3n) is 5.76. The Morgan fingerprint density at radius 3 is 2.45 bits per heavy atom. The van der Waals surface area contributed by atoms with E-state index >= 15 is 0 Å². The van der Waals surface area contributed by atoms with Gasteiger partial charge in [-0.25, -0.2) is 0 Å². The van der Waals surface area contributed by atoms with Crippen molar-refractivity contribution in [3.8, 4) is 22.8 Å². The molecule has 0 radical (unpaired) electrons. The minimum atomic E-state index is -0.0115. The van der Waals surface area contributed by atoms with Gasteiger partial charge in [-0.15, -0.1) is 0 Å². The number of carbonyl (C=O) groups excluding carboxylic acids is 1. The van der Waals surface area contributed by atoms with Crippen LogP contribution in [0.4, 0.5) is 0 Å². The van der Waals surface area contributed by atoms with Gasteiger partial charge in [0, 0.05) is 24.2 Å². The van der Waals surface area contributed by atoms with Gasteiger partial charge < -0.3 is 18.9 Å². The Labute approximate surface area is 180 Å². The van der Waals surface area contributed by atoms with Gasteiger partial charge in [-0.1, -0.05) is 35.5 Å². The molecule has 0 saturated heterocycles. The first-order chi connectivity index (χ1) is 15.2. The van der Waals surface area contributed by atoms with E-state index in [0.29, 0.717) is 35.9 Å². The molecule has 3 aromatic carbocycles. The molecule has 156 valence electrons. The monoisotopic (exact) mass is 414 g/mol. The normalized spacial score (nSPS) is 13.2. The molecule has 1 aromatic heterocycles. The van der Waals surface area contributed by atoms with Crippen LogP contribution in [0.5, 0.6) is 11.5 Å². The number of fused-ring (bicyclic) bond motifs is 2. The van der Waals surface area contributed by atoms with Crippen molar-refractivity contribution in [1.82, 2.24) is 10.1 Å². The largest absolute Gasteiger partial charge is 0.493 e. The fraction of sp³-hybridized carbons (Fsp3) is 0.200. The SMILES string of the molecule is COc1cc2c(cc1OC)CN(C(=O)c1ccc3noc(-c4ccccc4)c3c1)CC2. The molecule has 1 amide bonds. The first kappa shape index (κ1) is 19.2. The third-order valence-corrected chi connectivity index (χ3v) is 5.76. The summed E-state index contributed by atoms with van der Waals surface area (Å²) in [5.41, 5.74) is 4.55. The quantitative estimate of drug-likeness (QED) is 0.484. The highest BCUT2D eigenvalue weighted by Gasteiger charge is 2.24. The summed E-state index contributed by atoms with van der Waals surface area (Å²) in [4.78, 5) is 15.2. The van der Waals surface area contributed by atoms with Gasteiger partial charge in [0.15, 0.2) is 17.3 Å². The average molecular weight is 414 g/mol. The van der Waals surface area contributed by atoms with E-state index in [1.165, 1.54) is 5.56 Å². The Hall–Kier alpha value is -3.80. The smallest absolute Gasteiger partial charge is 0.254 e. The van der Waals surface area contributed by atoms with Crippen molar-refractivity contribution in [1.29, 1.82) is 0 Å². The van der Waals surface area contributed by atoms with Crippen LogP contribution in [0.15, 0.2) is 65.2 Å². The molecule has 31 heavy (non-hydrogen) atoms. The average Bonchev–Trinajstić information content (AvgIpc) is 3.26. The molecule has 0 saturated carbocycles. The summed E-state index contributed by atoms with van der Waals surface area (Å²) in [5, 5.41) is 4.98. The lowest BCUT2D eigenvalue weighted by atomic mass is 9.98. The van der Waals surface area contributed by atoms with Gasteiger partial charge in [-0.2, -0.15) is 0 Å². The number of nitrogens with zero attached hydrogens (tertiary/aromatic N) is 2. The van der Waals surface area contributed by atoms with E-state index in [4.69, 9.17) is 14.0 Å². The maximum absolute atomic E-state index is 13.3. The number of methoxy groups -OCH3 is 2. The summed E-state index contributed by atoms with van der Waals surface area (Å²) in [5.74, 6) is 2.05. The van der Waals surface area contributed by atoms with Gasteiger partial charge in [0.1, 0.15) is 5.52 Å². The van der Waals surface area contributed by atoms with Crippen molar-refractivity contribution in [2.45, 2.75) is 13.0 Å². The van der Waals surface area contributed by atoms with E-state index in [1.807, 2.05) is 65.6 Å². The van der Waals surface area contributed by atoms with E-state index in [1.54, 1.807) is 14.2 Å². The lowest BCUT2D eigenvalue weighted by molar-refractivity contribution is 0.0734. The third kappa shape index (κ3) is 3.40. The molecule has 0 spiro atoms. The van der Waals surface area contributed by atoms with Crippen LogP contribution in [0.2, 0.25) is 0 Å². The molecule has 6 heteroatoms. The number of benzene rings is 3. The maximum Gasteiger partial charge on any atom is 0.254 e. The summed E-state index contributed by atoms with van der Waals surface area (Å²) >= 11 is 0. The molecule has 2 heterocycles. The highest BCUT2D eigenvalue weighted by molar-refractivity contribution is 6.01. The zero-order valence-corrected chi connectivity index (χ0v) is 17.4. The van der Waals surface area contributed by atoms with Crippen LogP contribution in [-0.4, -0.2) is 36.7 Å². The van der Waals surface area contributed by atoms with Gasteiger partial charge in [0.05, 0.1) is 19.6 Å². The molecule has 0 atom stereocenters. The molecule has 0 unspecified atom stereocenters. The fourth-order valence-corrected chi connectivity index (χ4v) is 4.11. The summed E-state index contributed by atoms with van der Waals surface area (Å²) in [6.07, 6.45) is 0.770. The molecule has 5 rings (SSSR count). The summed E-state index contributed by atoms with van der Waals surface area (Å²) < 4.78 is 16.4. The highest BCUT2D eigenvalue weighted by Crippen LogP contribution is 2.34. The summed E-state index contributed by atoms with van der Waals surface area (Å²) in [6, 6.07) is 19.3. The van der Waals surface area contributed by atoms with Gasteiger partial charge >= 0.3 is 0 Å². The van der Waals surface area contributed by atoms with Crippen molar-refractivity contribution in [2.75, 3.05) is 20.8 Å². The molecule has 1 aliphatic rings. The predicted molar refractivity (Wildman–Crippen MR) is 117 cm³/mol. The Morgan fingerprint density at radius 1 is 0.968 bits per heavy atom. The lowest BCUT2D eigenvalue weighted by Crippen LogP contribution is -2.36. The molecule has 0 fully saturated rings. The Morgan fingerprint density at radius 2 is 1.71 bits per heavy atom. The molecule has 1 aliphatic heterocycles. The van der Waals surface area contributed by atoms with E-state index in [-0.39, 0.29) is 5.91 Å². The van der Waals surface area contributed by atoms with E-state index in [2.05, 4.69) is 5.16 Å². The number of carbonyl (C=O) groups is 1. The van der Waals surface area contributed by atoms with Crippen molar-refractivity contribution < 1.29 is 18.8 Å². The number of amides is 1. The maximum atomic E-state index is 13.3. The zero-order valence-electron chi connectivity index (χ0n) is 17.4. The number of hydrogen-bond acceptors (Lipinski definition) is 5. The van der Waals surface area contributed by atoms with Gasteiger partial charge in [0.2, 0.25) is 0 Å². The van der Waals surface area contributed by atoms with Crippen LogP contribution >= 0.6 is 0 Å². The molecule has 0 N–H and O–H groups in total. The van der Waals surface area contributed by atoms with Crippen LogP contribution in [0, 0.1) is 0 Å². The first-order valence-corrected chi connectivity index (χ1v) is 10.2. The number of aromatic nitrogens is 1. The van der Waals surface area contributed by atoms with E-state index in [9.17, 15) is 4.79 Å². The fourth-order valence-electron chi connectivity index (χ4n) is 4.11. The van der Waals surface area contributed by atoms with Crippen molar-refractivity contribution in [3.63, 3.8) is 0 Å². The minimum absolute atomic E-state index is 0.0115. The minimum Gasteiger partial charge on any atom is -0.493 e. The van der Waals surface area contributed by atoms with Crippen LogP contribution in [0.3, 0.4) is 0 Å². The van der Waals surface area contributed by atoms with E-state index < -0.39 is 0 Å². The molecular weight excluding hydrogens is 392 g/mol. The second kappa shape index (κ2) is 7.80. The van der Waals surface area contributed by atoms with Crippen LogP contribution in [0.1, 0.15) is 21.5 Å². The van der Waals surface area contributed by atoms with Gasteiger partial charge in [0.25, 0.3) is 5.91 Å². The van der Waals surface area contributed by atoms with Crippen LogP contribution in [-0.2, 0) is 13.0 Å². The van der Waals surface area contributed by atoms with Crippen LogP contribution < -0.4 is 9.47 Å². The number of rotatable bonds is 4. The topological polar surface area (TPSA) is 64.8 Å². The van der Waals surface area contributed by atoms with Crippen molar-refractivity contribution in [3.05, 3.63) is 77.4 Å². The second-order valence-corrected chi connectivity index (χ2v) is 7.56. The van der Waals surface area contributed by atoms with E-state index in [0.717, 1.165) is 28.5 Å². The first-order valence-electron chi connectivity index (χ1n) is 10.2. The standard InChI is InChI=1S/C25H22N2O4/c1-29-22-13-17-10-11-27(15-19(17)14-23(22)30-2)25(28)18-8-9-21-20(12-18)24(31-26-21)16-6-4-3-5-7-16/h3-9,12-14H,10-11,15H2,1-2H3. The Kier molecular flexibility index (Phi) is 4.82. The molecule has 4 aromatic rings. The Bertz CT molecular complexity index is 1260. The second-order valence-electron chi connectivity index (χ2n) is 7.56. The molecular formula is C25H22N2O4. The molecule has 6 nitrogen and oxygen atoms in total. The number of hydrogen-bond donors (Lipinski definition) is 0. The number of ether oxygens (including phenoxy) is 2. The summed E-state index contributed by atoms with van der Waals surface area (Å²) in [6.45, 7) is 1.18. The molecule has 0 bridgehead atoms. The molecule has 0 aliphatic carbocycles. The predicted octanol–water partition coefficient (Wildman–Crippen LogP) is 4.71. The zero-order chi connectivity index (χ0) is 21.4. The summed E-state index contributed by atoms with van der Waals surface area (Å²) in [7, 11) is 3.25. The van der Waals surface area contributed by atoms with Gasteiger partial charge in [-0.05, 0) is 47.9 Å². The lowest BCUT2D eigenvalue weighted by Gasteiger charge is -2.29. The highest BCUT2D eigenvalue weighted by atomic mass is 16.5.